The average Bonchev–Trinajstić information content (AvgIpc) is 3.09. The SMILES string of the molecule is COc1ccc(-c2csc(Nc3cccc(N([O-])[O-])c3)n2)cc1N(O)O. The Morgan fingerprint density at radius 2 is 1.96 bits per heavy atom. The van der Waals surface area contributed by atoms with Crippen LogP contribution < -0.4 is 20.5 Å². The van der Waals surface area contributed by atoms with Gasteiger partial charge in [-0.3, -0.25) is 10.4 Å². The zero-order valence-electron chi connectivity index (χ0n) is 13.5. The predicted octanol–water partition coefficient (Wildman–Crippen LogP) is 3.95. The topological polar surface area (TPSA) is 127 Å². The molecule has 0 saturated carbocycles. The molecule has 9 nitrogen and oxygen atoms in total. The summed E-state index contributed by atoms with van der Waals surface area (Å²) in [6, 6.07) is 11.0. The number of ether oxygens (including phenoxy) is 1. The van der Waals surface area contributed by atoms with Crippen LogP contribution >= 0.6 is 11.3 Å². The minimum absolute atomic E-state index is 0.0161. The molecule has 0 saturated heterocycles. The summed E-state index contributed by atoms with van der Waals surface area (Å²) in [5.74, 6) is 0.295. The molecule has 136 valence electrons. The summed E-state index contributed by atoms with van der Waals surface area (Å²) < 4.78 is 5.07. The summed E-state index contributed by atoms with van der Waals surface area (Å²) in [4.78, 5) is 4.42. The number of hydrogen-bond acceptors (Lipinski definition) is 10. The second kappa shape index (κ2) is 7.56. The predicted molar refractivity (Wildman–Crippen MR) is 99.1 cm³/mol. The first-order valence-electron chi connectivity index (χ1n) is 7.31. The highest BCUT2D eigenvalue weighted by Crippen LogP contribution is 2.34. The molecule has 0 aliphatic heterocycles. The van der Waals surface area contributed by atoms with Crippen molar-refractivity contribution < 1.29 is 15.2 Å². The first-order chi connectivity index (χ1) is 12.5. The van der Waals surface area contributed by atoms with Crippen LogP contribution in [0.2, 0.25) is 0 Å². The van der Waals surface area contributed by atoms with Crippen LogP contribution in [0.1, 0.15) is 0 Å². The minimum Gasteiger partial charge on any atom is -0.769 e. The van der Waals surface area contributed by atoms with Gasteiger partial charge < -0.3 is 25.7 Å². The largest absolute Gasteiger partial charge is 0.769 e. The molecule has 3 N–H and O–H groups in total. The van der Waals surface area contributed by atoms with Crippen molar-refractivity contribution in [3.05, 3.63) is 58.3 Å². The Hall–Kier alpha value is -2.89. The van der Waals surface area contributed by atoms with Crippen molar-refractivity contribution in [3.8, 4) is 17.0 Å². The molecular formula is C16H14N4O5S-2. The van der Waals surface area contributed by atoms with E-state index >= 15 is 0 Å². The lowest BCUT2D eigenvalue weighted by Crippen LogP contribution is -2.12. The Balaban J connectivity index is 1.84. The summed E-state index contributed by atoms with van der Waals surface area (Å²) in [5, 5.41) is 45.2. The molecule has 0 fully saturated rings. The average molecular weight is 374 g/mol. The van der Waals surface area contributed by atoms with Crippen LogP contribution in [0.25, 0.3) is 11.3 Å². The van der Waals surface area contributed by atoms with Gasteiger partial charge in [0.2, 0.25) is 0 Å². The van der Waals surface area contributed by atoms with Crippen molar-refractivity contribution >= 4 is 33.5 Å². The normalized spacial score (nSPS) is 10.5. The molecule has 0 aliphatic carbocycles. The maximum atomic E-state index is 10.8. The number of rotatable bonds is 6. The van der Waals surface area contributed by atoms with Crippen LogP contribution in [-0.4, -0.2) is 22.5 Å². The molecule has 0 aliphatic rings. The Morgan fingerprint density at radius 1 is 1.15 bits per heavy atom. The molecule has 1 heterocycles. The zero-order valence-corrected chi connectivity index (χ0v) is 14.3. The van der Waals surface area contributed by atoms with Gasteiger partial charge in [0.15, 0.2) is 5.13 Å². The van der Waals surface area contributed by atoms with Gasteiger partial charge in [-0.1, -0.05) is 6.07 Å². The van der Waals surface area contributed by atoms with Crippen molar-refractivity contribution in [2.45, 2.75) is 0 Å². The lowest BCUT2D eigenvalue weighted by Gasteiger charge is -2.37. The van der Waals surface area contributed by atoms with Crippen LogP contribution in [0.5, 0.6) is 5.75 Å². The third kappa shape index (κ3) is 3.85. The van der Waals surface area contributed by atoms with Gasteiger partial charge in [0.05, 0.1) is 12.8 Å². The van der Waals surface area contributed by atoms with E-state index in [9.17, 15) is 20.8 Å². The van der Waals surface area contributed by atoms with Gasteiger partial charge in [0, 0.05) is 22.3 Å². The molecule has 0 atom stereocenters. The van der Waals surface area contributed by atoms with E-state index in [-0.39, 0.29) is 16.6 Å². The second-order valence-corrected chi connectivity index (χ2v) is 6.00. The monoisotopic (exact) mass is 374 g/mol. The van der Waals surface area contributed by atoms with Gasteiger partial charge in [-0.2, -0.15) is 0 Å². The second-order valence-electron chi connectivity index (χ2n) is 5.15. The minimum atomic E-state index is -0.465. The van der Waals surface area contributed by atoms with Crippen molar-refractivity contribution in [3.63, 3.8) is 0 Å². The number of benzene rings is 2. The summed E-state index contributed by atoms with van der Waals surface area (Å²) in [7, 11) is 1.42. The van der Waals surface area contributed by atoms with E-state index in [1.807, 2.05) is 0 Å². The van der Waals surface area contributed by atoms with Gasteiger partial charge in [0.25, 0.3) is 0 Å². The molecule has 0 amide bonds. The number of aromatic nitrogens is 1. The van der Waals surface area contributed by atoms with E-state index in [4.69, 9.17) is 4.74 Å². The van der Waals surface area contributed by atoms with Gasteiger partial charge in [-0.25, -0.2) is 4.98 Å². The summed E-state index contributed by atoms with van der Waals surface area (Å²) in [5.41, 5.74) is 1.86. The fourth-order valence-electron chi connectivity index (χ4n) is 2.29. The third-order valence-electron chi connectivity index (χ3n) is 3.50. The van der Waals surface area contributed by atoms with Crippen LogP contribution in [0.4, 0.5) is 22.2 Å². The molecule has 2 aromatic carbocycles. The molecule has 0 spiro atoms. The zero-order chi connectivity index (χ0) is 18.7. The molecule has 3 aromatic rings. The fourth-order valence-corrected chi connectivity index (χ4v) is 3.03. The summed E-state index contributed by atoms with van der Waals surface area (Å²) >= 11 is 1.32. The van der Waals surface area contributed by atoms with Crippen molar-refractivity contribution in [2.24, 2.45) is 0 Å². The van der Waals surface area contributed by atoms with Crippen LogP contribution in [0.3, 0.4) is 0 Å². The van der Waals surface area contributed by atoms with E-state index in [0.717, 1.165) is 0 Å². The lowest BCUT2D eigenvalue weighted by atomic mass is 10.1. The van der Waals surface area contributed by atoms with E-state index in [0.29, 0.717) is 27.8 Å². The van der Waals surface area contributed by atoms with E-state index in [2.05, 4.69) is 10.3 Å². The summed E-state index contributed by atoms with van der Waals surface area (Å²) in [6.45, 7) is 0. The maximum absolute atomic E-state index is 10.8. The van der Waals surface area contributed by atoms with Gasteiger partial charge in [0.1, 0.15) is 11.4 Å². The van der Waals surface area contributed by atoms with Crippen LogP contribution in [0.15, 0.2) is 47.8 Å². The first-order valence-corrected chi connectivity index (χ1v) is 8.19. The van der Waals surface area contributed by atoms with Gasteiger partial charge in [-0.15, -0.1) is 16.6 Å². The first kappa shape index (κ1) is 17.9. The molecule has 1 aromatic heterocycles. The highest BCUT2D eigenvalue weighted by atomic mass is 32.1. The van der Waals surface area contributed by atoms with Crippen molar-refractivity contribution in [1.29, 1.82) is 0 Å². The Bertz CT molecular complexity index is 900. The smallest absolute Gasteiger partial charge is 0.187 e. The number of nitrogens with one attached hydrogen (secondary N) is 1. The van der Waals surface area contributed by atoms with Gasteiger partial charge in [-0.05, 0) is 36.4 Å². The number of hydrogen-bond donors (Lipinski definition) is 3. The molecule has 0 bridgehead atoms. The van der Waals surface area contributed by atoms with Crippen molar-refractivity contribution in [1.82, 2.24) is 4.98 Å². The van der Waals surface area contributed by atoms with Gasteiger partial charge >= 0.3 is 0 Å². The fraction of sp³-hybridized carbons (Fsp3) is 0.0625. The number of nitrogens with zero attached hydrogens (tertiary/aromatic N) is 3. The maximum Gasteiger partial charge on any atom is 0.187 e. The quantitative estimate of drug-likeness (QED) is 0.549. The van der Waals surface area contributed by atoms with E-state index < -0.39 is 5.23 Å². The molecule has 10 heteroatoms. The third-order valence-corrected chi connectivity index (χ3v) is 4.26. The Kier molecular flexibility index (Phi) is 5.21. The van der Waals surface area contributed by atoms with Crippen molar-refractivity contribution in [2.75, 3.05) is 22.9 Å². The number of methoxy groups -OCH3 is 1. The molecular weight excluding hydrogens is 360 g/mol. The Morgan fingerprint density at radius 3 is 2.65 bits per heavy atom. The molecule has 3 rings (SSSR count). The molecule has 26 heavy (non-hydrogen) atoms. The van der Waals surface area contributed by atoms with Crippen LogP contribution in [0, 0.1) is 10.4 Å². The standard InChI is InChI=1S/C16H14N4O5S/c1-25-15-6-5-10(7-14(15)20(23)24)13-9-26-16(18-13)17-11-3-2-4-12(8-11)19(21)22/h2-9,23-24H,1H3,(H,17,18)/q-2. The number of anilines is 4. The van der Waals surface area contributed by atoms with Crippen LogP contribution in [-0.2, 0) is 0 Å². The van der Waals surface area contributed by atoms with E-state index in [1.165, 1.54) is 36.6 Å². The molecule has 0 unspecified atom stereocenters. The lowest BCUT2D eigenvalue weighted by molar-refractivity contribution is 0.0279. The Labute approximate surface area is 152 Å². The highest BCUT2D eigenvalue weighted by molar-refractivity contribution is 7.14. The van der Waals surface area contributed by atoms with E-state index in [1.54, 1.807) is 29.6 Å². The number of thiazole rings is 1. The molecule has 0 radical (unpaired) electrons. The highest BCUT2D eigenvalue weighted by Gasteiger charge is 2.12. The summed E-state index contributed by atoms with van der Waals surface area (Å²) in [6.07, 6.45) is 0.